The summed E-state index contributed by atoms with van der Waals surface area (Å²) in [5, 5.41) is 11.2. The molecular formula is C19H25NO8. The van der Waals surface area contributed by atoms with E-state index in [4.69, 9.17) is 9.47 Å². The van der Waals surface area contributed by atoms with Crippen LogP contribution in [0.15, 0.2) is 18.2 Å². The summed E-state index contributed by atoms with van der Waals surface area (Å²) in [5.41, 5.74) is 0.395. The van der Waals surface area contributed by atoms with Crippen LogP contribution in [0.5, 0.6) is 11.5 Å². The molecule has 154 valence electrons. The molecule has 1 saturated carbocycles. The Hall–Kier alpha value is -2.84. The minimum Gasteiger partial charge on any atom is -0.493 e. The standard InChI is InChI=1S/C19H25NO8/c1-25-15-9-8-12(10-16(15)28-13-6-4-5-7-13)14(11-20(23)24)17(18(21)26-2)19(22)27-3/h8-10,13-14,17H,4-7,11H2,1-3H3/t14-/m0/s1. The van der Waals surface area contributed by atoms with Crippen LogP contribution in [0.25, 0.3) is 0 Å². The van der Waals surface area contributed by atoms with E-state index in [-0.39, 0.29) is 6.10 Å². The van der Waals surface area contributed by atoms with Gasteiger partial charge < -0.3 is 18.9 Å². The van der Waals surface area contributed by atoms with Crippen LogP contribution in [-0.2, 0) is 19.1 Å². The summed E-state index contributed by atoms with van der Waals surface area (Å²) in [5.74, 6) is -3.43. The first-order valence-electron chi connectivity index (χ1n) is 9.03. The zero-order valence-electron chi connectivity index (χ0n) is 16.2. The molecule has 1 fully saturated rings. The number of benzene rings is 1. The Morgan fingerprint density at radius 1 is 1.11 bits per heavy atom. The van der Waals surface area contributed by atoms with Crippen LogP contribution in [0.1, 0.15) is 37.2 Å². The molecule has 0 amide bonds. The Morgan fingerprint density at radius 2 is 1.71 bits per heavy atom. The lowest BCUT2D eigenvalue weighted by atomic mass is 9.85. The number of esters is 2. The number of nitro groups is 1. The van der Waals surface area contributed by atoms with Gasteiger partial charge in [0.2, 0.25) is 6.54 Å². The molecule has 1 aromatic rings. The van der Waals surface area contributed by atoms with E-state index in [2.05, 4.69) is 9.47 Å². The van der Waals surface area contributed by atoms with Gasteiger partial charge in [-0.2, -0.15) is 0 Å². The van der Waals surface area contributed by atoms with Crippen molar-refractivity contribution >= 4 is 11.9 Å². The van der Waals surface area contributed by atoms with Gasteiger partial charge in [0, 0.05) is 4.92 Å². The third kappa shape index (κ3) is 5.11. The van der Waals surface area contributed by atoms with Gasteiger partial charge in [-0.05, 0) is 43.4 Å². The van der Waals surface area contributed by atoms with Crippen molar-refractivity contribution in [1.29, 1.82) is 0 Å². The van der Waals surface area contributed by atoms with Gasteiger partial charge in [-0.3, -0.25) is 19.7 Å². The van der Waals surface area contributed by atoms with Crippen molar-refractivity contribution in [3.05, 3.63) is 33.9 Å². The predicted octanol–water partition coefficient (Wildman–Crippen LogP) is 2.34. The van der Waals surface area contributed by atoms with E-state index in [9.17, 15) is 19.7 Å². The molecule has 0 bridgehead atoms. The maximum absolute atomic E-state index is 12.2. The molecule has 0 spiro atoms. The highest BCUT2D eigenvalue weighted by Gasteiger charge is 2.41. The minimum atomic E-state index is -1.46. The highest BCUT2D eigenvalue weighted by molar-refractivity contribution is 5.96. The lowest BCUT2D eigenvalue weighted by molar-refractivity contribution is -0.484. The van der Waals surface area contributed by atoms with E-state index in [1.807, 2.05) is 0 Å². The van der Waals surface area contributed by atoms with Crippen molar-refractivity contribution in [2.24, 2.45) is 5.92 Å². The number of methoxy groups -OCH3 is 3. The lowest BCUT2D eigenvalue weighted by Crippen LogP contribution is -2.35. The first-order valence-corrected chi connectivity index (χ1v) is 9.03. The number of hydrogen-bond donors (Lipinski definition) is 0. The van der Waals surface area contributed by atoms with E-state index >= 15 is 0 Å². The Kier molecular flexibility index (Phi) is 7.60. The summed E-state index contributed by atoms with van der Waals surface area (Å²) in [4.78, 5) is 35.1. The molecule has 1 aliphatic carbocycles. The van der Waals surface area contributed by atoms with Crippen molar-refractivity contribution in [3.63, 3.8) is 0 Å². The zero-order chi connectivity index (χ0) is 20.7. The van der Waals surface area contributed by atoms with Gasteiger partial charge in [0.05, 0.1) is 33.4 Å². The highest BCUT2D eigenvalue weighted by Crippen LogP contribution is 2.37. The summed E-state index contributed by atoms with van der Waals surface area (Å²) in [7, 11) is 3.73. The van der Waals surface area contributed by atoms with Crippen molar-refractivity contribution in [2.75, 3.05) is 27.9 Å². The SMILES string of the molecule is COC(=O)C(C(=O)OC)[C@@H](C[N+](=O)[O-])c1ccc(OC)c(OC2CCCC2)c1. The average molecular weight is 395 g/mol. The number of rotatable bonds is 9. The monoisotopic (exact) mass is 395 g/mol. The second kappa shape index (κ2) is 9.91. The molecule has 28 heavy (non-hydrogen) atoms. The van der Waals surface area contributed by atoms with Gasteiger partial charge in [-0.25, -0.2) is 0 Å². The van der Waals surface area contributed by atoms with E-state index in [0.717, 1.165) is 39.9 Å². The molecule has 1 aliphatic rings. The maximum atomic E-state index is 12.2. The minimum absolute atomic E-state index is 0.0372. The molecular weight excluding hydrogens is 370 g/mol. The molecule has 0 aliphatic heterocycles. The van der Waals surface area contributed by atoms with Gasteiger partial charge in [0.25, 0.3) is 0 Å². The normalized spacial score (nSPS) is 15.1. The average Bonchev–Trinajstić information content (AvgIpc) is 3.19. The molecule has 2 rings (SSSR count). The van der Waals surface area contributed by atoms with Gasteiger partial charge in [-0.1, -0.05) is 6.07 Å². The molecule has 0 N–H and O–H groups in total. The van der Waals surface area contributed by atoms with Crippen LogP contribution in [0.2, 0.25) is 0 Å². The molecule has 0 aromatic heterocycles. The molecule has 0 unspecified atom stereocenters. The van der Waals surface area contributed by atoms with Crippen LogP contribution >= 0.6 is 0 Å². The van der Waals surface area contributed by atoms with Crippen LogP contribution in [0.4, 0.5) is 0 Å². The van der Waals surface area contributed by atoms with E-state index < -0.39 is 35.2 Å². The molecule has 9 nitrogen and oxygen atoms in total. The van der Waals surface area contributed by atoms with E-state index in [1.54, 1.807) is 18.2 Å². The third-order valence-corrected chi connectivity index (χ3v) is 4.87. The number of hydrogen-bond acceptors (Lipinski definition) is 8. The summed E-state index contributed by atoms with van der Waals surface area (Å²) < 4.78 is 20.7. The fourth-order valence-electron chi connectivity index (χ4n) is 3.44. The number of nitrogens with zero attached hydrogens (tertiary/aromatic N) is 1. The fraction of sp³-hybridized carbons (Fsp3) is 0.579. The number of carbonyl (C=O) groups excluding carboxylic acids is 2. The molecule has 1 atom stereocenters. The summed E-state index contributed by atoms with van der Waals surface area (Å²) in [6.07, 6.45) is 4.01. The fourth-order valence-corrected chi connectivity index (χ4v) is 3.44. The third-order valence-electron chi connectivity index (χ3n) is 4.87. The van der Waals surface area contributed by atoms with Crippen molar-refractivity contribution in [1.82, 2.24) is 0 Å². The predicted molar refractivity (Wildman–Crippen MR) is 98.0 cm³/mol. The van der Waals surface area contributed by atoms with E-state index in [1.165, 1.54) is 7.11 Å². The number of ether oxygens (including phenoxy) is 4. The molecule has 1 aromatic carbocycles. The molecule has 0 saturated heterocycles. The Morgan fingerprint density at radius 3 is 2.21 bits per heavy atom. The largest absolute Gasteiger partial charge is 0.493 e. The topological polar surface area (TPSA) is 114 Å². The highest BCUT2D eigenvalue weighted by atomic mass is 16.6. The summed E-state index contributed by atoms with van der Waals surface area (Å²) in [6, 6.07) is 4.77. The van der Waals surface area contributed by atoms with Gasteiger partial charge >= 0.3 is 11.9 Å². The van der Waals surface area contributed by atoms with Gasteiger partial charge in [-0.15, -0.1) is 0 Å². The maximum Gasteiger partial charge on any atom is 0.320 e. The number of carbonyl (C=O) groups is 2. The van der Waals surface area contributed by atoms with E-state index in [0.29, 0.717) is 17.1 Å². The first kappa shape index (κ1) is 21.5. The summed E-state index contributed by atoms with van der Waals surface area (Å²) in [6.45, 7) is -0.649. The van der Waals surface area contributed by atoms with Gasteiger partial charge in [0.15, 0.2) is 17.4 Å². The van der Waals surface area contributed by atoms with Crippen LogP contribution in [0.3, 0.4) is 0 Å². The second-order valence-electron chi connectivity index (χ2n) is 6.58. The van der Waals surface area contributed by atoms with Crippen molar-refractivity contribution in [2.45, 2.75) is 37.7 Å². The quantitative estimate of drug-likeness (QED) is 0.271. The molecule has 0 heterocycles. The lowest BCUT2D eigenvalue weighted by Gasteiger charge is -2.22. The molecule has 0 radical (unpaired) electrons. The smallest absolute Gasteiger partial charge is 0.320 e. The van der Waals surface area contributed by atoms with Crippen LogP contribution in [0, 0.1) is 16.0 Å². The Labute approximate surface area is 163 Å². The zero-order valence-corrected chi connectivity index (χ0v) is 16.2. The van der Waals surface area contributed by atoms with Crippen molar-refractivity contribution < 1.29 is 33.5 Å². The Bertz CT molecular complexity index is 698. The Balaban J connectivity index is 2.44. The second-order valence-corrected chi connectivity index (χ2v) is 6.58. The van der Waals surface area contributed by atoms with Crippen LogP contribution in [-0.4, -0.2) is 50.8 Å². The van der Waals surface area contributed by atoms with Crippen molar-refractivity contribution in [3.8, 4) is 11.5 Å². The summed E-state index contributed by atoms with van der Waals surface area (Å²) >= 11 is 0. The van der Waals surface area contributed by atoms with Gasteiger partial charge in [0.1, 0.15) is 0 Å². The first-order chi connectivity index (χ1) is 13.4. The van der Waals surface area contributed by atoms with Crippen LogP contribution < -0.4 is 9.47 Å². The molecule has 9 heteroatoms.